The molecule has 1 heteroatoms. The molecule has 56 heavy (non-hydrogen) atoms. The van der Waals surface area contributed by atoms with Gasteiger partial charge in [-0.3, -0.25) is 0 Å². The molecular formula is C55H39N. The van der Waals surface area contributed by atoms with E-state index in [-0.39, 0.29) is 0 Å². The fourth-order valence-electron chi connectivity index (χ4n) is 8.64. The van der Waals surface area contributed by atoms with Crippen molar-refractivity contribution >= 4 is 60.2 Å². The summed E-state index contributed by atoms with van der Waals surface area (Å²) < 4.78 is 0. The Kier molecular flexibility index (Phi) is 8.27. The average Bonchev–Trinajstić information content (AvgIpc) is 3.26. The molecule has 0 atom stereocenters. The van der Waals surface area contributed by atoms with Crippen LogP contribution in [0, 0.1) is 6.92 Å². The number of aryl methyl sites for hydroxylation is 1. The largest absolute Gasteiger partial charge is 0.310 e. The van der Waals surface area contributed by atoms with Gasteiger partial charge in [0.05, 0.1) is 0 Å². The summed E-state index contributed by atoms with van der Waals surface area (Å²) in [6.07, 6.45) is 0. The third-order valence-corrected chi connectivity index (χ3v) is 11.3. The monoisotopic (exact) mass is 713 g/mol. The van der Waals surface area contributed by atoms with Crippen molar-refractivity contribution < 1.29 is 0 Å². The minimum atomic E-state index is 0.931. The number of benzene rings is 10. The quantitative estimate of drug-likeness (QED) is 0.149. The van der Waals surface area contributed by atoms with Crippen LogP contribution >= 0.6 is 0 Å². The SMILES string of the molecule is C=C(c1ccc(-c2ccc3c(-c4cccc5ccccc45)c4ccccc4c(-c4cccc5ccccc45)c3c2)cc1)N(c1ccccc1)c1ccccc1C. The van der Waals surface area contributed by atoms with Gasteiger partial charge in [-0.25, -0.2) is 0 Å². The first-order valence-electron chi connectivity index (χ1n) is 19.3. The minimum absolute atomic E-state index is 0.931. The van der Waals surface area contributed by atoms with E-state index in [1.54, 1.807) is 0 Å². The molecule has 0 saturated heterocycles. The molecule has 264 valence electrons. The van der Waals surface area contributed by atoms with Gasteiger partial charge in [-0.2, -0.15) is 0 Å². The molecule has 0 fully saturated rings. The van der Waals surface area contributed by atoms with Crippen LogP contribution in [0.15, 0.2) is 213 Å². The molecule has 0 aromatic heterocycles. The first kappa shape index (κ1) is 33.4. The molecule has 0 unspecified atom stereocenters. The third-order valence-electron chi connectivity index (χ3n) is 11.3. The normalized spacial score (nSPS) is 11.4. The highest BCUT2D eigenvalue weighted by atomic mass is 15.1. The molecule has 0 amide bonds. The Labute approximate surface area is 328 Å². The number of rotatable bonds is 7. The Morgan fingerprint density at radius 1 is 0.393 bits per heavy atom. The van der Waals surface area contributed by atoms with Gasteiger partial charge in [0.1, 0.15) is 0 Å². The maximum absolute atomic E-state index is 4.65. The summed E-state index contributed by atoms with van der Waals surface area (Å²) in [5, 5.41) is 9.98. The van der Waals surface area contributed by atoms with E-state index in [1.807, 2.05) is 0 Å². The van der Waals surface area contributed by atoms with Crippen molar-refractivity contribution in [3.05, 3.63) is 224 Å². The van der Waals surface area contributed by atoms with E-state index in [0.29, 0.717) is 0 Å². The van der Waals surface area contributed by atoms with Crippen molar-refractivity contribution in [2.75, 3.05) is 4.90 Å². The van der Waals surface area contributed by atoms with Gasteiger partial charge < -0.3 is 4.90 Å². The minimum Gasteiger partial charge on any atom is -0.310 e. The summed E-state index contributed by atoms with van der Waals surface area (Å²) in [4.78, 5) is 2.26. The Balaban J connectivity index is 1.18. The van der Waals surface area contributed by atoms with Crippen LogP contribution in [-0.4, -0.2) is 0 Å². The van der Waals surface area contributed by atoms with E-state index in [0.717, 1.165) is 28.2 Å². The van der Waals surface area contributed by atoms with Crippen LogP contribution in [0.2, 0.25) is 0 Å². The lowest BCUT2D eigenvalue weighted by atomic mass is 9.83. The lowest BCUT2D eigenvalue weighted by Gasteiger charge is -2.29. The van der Waals surface area contributed by atoms with E-state index in [4.69, 9.17) is 0 Å². The van der Waals surface area contributed by atoms with Crippen LogP contribution in [0.25, 0.3) is 82.2 Å². The zero-order chi connectivity index (χ0) is 37.6. The molecule has 0 aliphatic rings. The van der Waals surface area contributed by atoms with Gasteiger partial charge in [0.15, 0.2) is 0 Å². The van der Waals surface area contributed by atoms with Gasteiger partial charge in [0, 0.05) is 17.1 Å². The molecule has 0 N–H and O–H groups in total. The van der Waals surface area contributed by atoms with Gasteiger partial charge in [0.2, 0.25) is 0 Å². The molecule has 0 aliphatic carbocycles. The van der Waals surface area contributed by atoms with Crippen LogP contribution < -0.4 is 4.90 Å². The maximum atomic E-state index is 4.65. The van der Waals surface area contributed by atoms with Crippen LogP contribution in [0.1, 0.15) is 11.1 Å². The highest BCUT2D eigenvalue weighted by Gasteiger charge is 2.21. The predicted octanol–water partition coefficient (Wildman–Crippen LogP) is 15.4. The van der Waals surface area contributed by atoms with Gasteiger partial charge in [-0.15, -0.1) is 0 Å². The molecule has 10 rings (SSSR count). The first-order chi connectivity index (χ1) is 27.6. The highest BCUT2D eigenvalue weighted by Crippen LogP contribution is 2.47. The standard InChI is InChI=1S/C55H39N/c1-37-16-6-13-29-53(37)56(44-21-4-3-5-22-44)38(2)39-30-32-40(33-31-39)43-34-35-51-52(36-43)55(48-28-15-20-42-18-8-10-24-46(42)48)50-26-12-11-25-49(50)54(51)47-27-14-19-41-17-7-9-23-45(41)47/h3-36H,2H2,1H3. The van der Waals surface area contributed by atoms with E-state index >= 15 is 0 Å². The van der Waals surface area contributed by atoms with E-state index in [2.05, 4.69) is 225 Å². The van der Waals surface area contributed by atoms with Crippen LogP contribution in [0.4, 0.5) is 11.4 Å². The third kappa shape index (κ3) is 5.65. The van der Waals surface area contributed by atoms with E-state index in [9.17, 15) is 0 Å². The molecule has 0 heterocycles. The highest BCUT2D eigenvalue weighted by molar-refractivity contribution is 6.25. The average molecular weight is 714 g/mol. The zero-order valence-corrected chi connectivity index (χ0v) is 31.3. The van der Waals surface area contributed by atoms with Crippen molar-refractivity contribution in [2.24, 2.45) is 0 Å². The summed E-state index contributed by atoms with van der Waals surface area (Å²) in [6.45, 7) is 6.80. The van der Waals surface area contributed by atoms with Crippen molar-refractivity contribution in [2.45, 2.75) is 6.92 Å². The Morgan fingerprint density at radius 2 is 0.875 bits per heavy atom. The Bertz CT molecular complexity index is 3090. The molecule has 0 spiro atoms. The van der Waals surface area contributed by atoms with Gasteiger partial charge >= 0.3 is 0 Å². The van der Waals surface area contributed by atoms with Crippen molar-refractivity contribution in [1.29, 1.82) is 0 Å². The van der Waals surface area contributed by atoms with Crippen molar-refractivity contribution in [3.8, 4) is 33.4 Å². The topological polar surface area (TPSA) is 3.24 Å². The molecule has 0 radical (unpaired) electrons. The second-order valence-electron chi connectivity index (χ2n) is 14.6. The maximum Gasteiger partial charge on any atom is 0.0490 e. The number of hydrogen-bond donors (Lipinski definition) is 0. The smallest absolute Gasteiger partial charge is 0.0490 e. The van der Waals surface area contributed by atoms with Crippen LogP contribution in [0.5, 0.6) is 0 Å². The first-order valence-corrected chi connectivity index (χ1v) is 19.3. The number of para-hydroxylation sites is 2. The Hall–Kier alpha value is -7.22. The van der Waals surface area contributed by atoms with Crippen LogP contribution in [-0.2, 0) is 0 Å². The molecule has 1 nitrogen and oxygen atoms in total. The predicted molar refractivity (Wildman–Crippen MR) is 242 cm³/mol. The molecule has 10 aromatic carbocycles. The molecule has 0 aliphatic heterocycles. The van der Waals surface area contributed by atoms with Gasteiger partial charge in [0.25, 0.3) is 0 Å². The van der Waals surface area contributed by atoms with Gasteiger partial charge in [-0.05, 0) is 119 Å². The number of hydrogen-bond acceptors (Lipinski definition) is 1. The second-order valence-corrected chi connectivity index (χ2v) is 14.6. The van der Waals surface area contributed by atoms with E-state index in [1.165, 1.54) is 76.5 Å². The number of anilines is 2. The number of fused-ring (bicyclic) bond motifs is 4. The lowest BCUT2D eigenvalue weighted by Crippen LogP contribution is -2.15. The summed E-state index contributed by atoms with van der Waals surface area (Å²) in [5.74, 6) is 0. The van der Waals surface area contributed by atoms with E-state index < -0.39 is 0 Å². The molecule has 10 aromatic rings. The van der Waals surface area contributed by atoms with Crippen molar-refractivity contribution in [3.63, 3.8) is 0 Å². The second kappa shape index (κ2) is 13.9. The lowest BCUT2D eigenvalue weighted by molar-refractivity contribution is 1.26. The fraction of sp³-hybridized carbons (Fsp3) is 0.0182. The zero-order valence-electron chi connectivity index (χ0n) is 31.3. The van der Waals surface area contributed by atoms with Gasteiger partial charge in [-0.1, -0.05) is 189 Å². The summed E-state index contributed by atoms with van der Waals surface area (Å²) in [7, 11) is 0. The van der Waals surface area contributed by atoms with Crippen molar-refractivity contribution in [1.82, 2.24) is 0 Å². The Morgan fingerprint density at radius 3 is 1.50 bits per heavy atom. The molecule has 0 saturated carbocycles. The fourth-order valence-corrected chi connectivity index (χ4v) is 8.64. The van der Waals surface area contributed by atoms with Crippen LogP contribution in [0.3, 0.4) is 0 Å². The summed E-state index contributed by atoms with van der Waals surface area (Å²) in [5.41, 5.74) is 12.8. The number of nitrogens with zero attached hydrogens (tertiary/aromatic N) is 1. The summed E-state index contributed by atoms with van der Waals surface area (Å²) >= 11 is 0. The molecule has 0 bridgehead atoms. The molecular weight excluding hydrogens is 675 g/mol. The summed E-state index contributed by atoms with van der Waals surface area (Å²) in [6, 6.07) is 74.8.